The van der Waals surface area contributed by atoms with Gasteiger partial charge in [0.05, 0.1) is 6.20 Å². The maximum atomic E-state index is 4.00. The highest BCUT2D eigenvalue weighted by Crippen LogP contribution is 2.38. The Morgan fingerprint density at radius 2 is 2.26 bits per heavy atom. The molecule has 1 heterocycles. The maximum Gasteiger partial charge on any atom is 0.0534 e. The summed E-state index contributed by atoms with van der Waals surface area (Å²) in [7, 11) is 0. The van der Waals surface area contributed by atoms with E-state index < -0.39 is 0 Å². The van der Waals surface area contributed by atoms with E-state index in [1.807, 2.05) is 12.4 Å². The lowest BCUT2D eigenvalue weighted by Gasteiger charge is -2.38. The highest BCUT2D eigenvalue weighted by molar-refractivity contribution is 9.10. The van der Waals surface area contributed by atoms with E-state index in [2.05, 4.69) is 62.6 Å². The number of H-pyrrole nitrogens is 1. The maximum absolute atomic E-state index is 4.00. The van der Waals surface area contributed by atoms with E-state index in [1.54, 1.807) is 0 Å². The minimum atomic E-state index is 0.368. The van der Waals surface area contributed by atoms with Gasteiger partial charge in [-0.1, -0.05) is 28.1 Å². The van der Waals surface area contributed by atoms with Gasteiger partial charge in [-0.3, -0.25) is 5.10 Å². The molecule has 19 heavy (non-hydrogen) atoms. The second-order valence-corrected chi connectivity index (χ2v) is 6.26. The van der Waals surface area contributed by atoms with Gasteiger partial charge in [-0.05, 0) is 43.4 Å². The first-order chi connectivity index (χ1) is 9.22. The summed E-state index contributed by atoms with van der Waals surface area (Å²) >= 11 is 3.54. The molecule has 1 fully saturated rings. The molecule has 1 aromatic carbocycles. The molecule has 1 aromatic heterocycles. The second kappa shape index (κ2) is 5.47. The summed E-state index contributed by atoms with van der Waals surface area (Å²) in [5.41, 5.74) is 2.68. The van der Waals surface area contributed by atoms with Crippen molar-refractivity contribution in [1.29, 1.82) is 0 Å². The molecular formula is C15H18BrN3. The van der Waals surface area contributed by atoms with Crippen LogP contribution < -0.4 is 5.32 Å². The Kier molecular flexibility index (Phi) is 3.71. The topological polar surface area (TPSA) is 40.7 Å². The molecule has 0 bridgehead atoms. The number of halogens is 1. The van der Waals surface area contributed by atoms with E-state index in [4.69, 9.17) is 0 Å². The van der Waals surface area contributed by atoms with Crippen molar-refractivity contribution < 1.29 is 0 Å². The molecule has 2 aromatic rings. The third-order valence-corrected chi connectivity index (χ3v) is 4.46. The van der Waals surface area contributed by atoms with Crippen molar-refractivity contribution in [2.24, 2.45) is 0 Å². The smallest absolute Gasteiger partial charge is 0.0534 e. The van der Waals surface area contributed by atoms with Gasteiger partial charge in [0.15, 0.2) is 0 Å². The molecule has 1 unspecified atom stereocenters. The SMILES string of the molecule is CC(NC1CC(c2cccc(Br)c2)C1)c1cn[nH]c1. The average molecular weight is 320 g/mol. The van der Waals surface area contributed by atoms with Crippen LogP contribution in [0.3, 0.4) is 0 Å². The van der Waals surface area contributed by atoms with E-state index in [9.17, 15) is 0 Å². The molecule has 4 heteroatoms. The molecule has 3 nitrogen and oxygen atoms in total. The summed E-state index contributed by atoms with van der Waals surface area (Å²) in [4.78, 5) is 0. The van der Waals surface area contributed by atoms with Gasteiger partial charge < -0.3 is 5.32 Å². The molecule has 0 aliphatic heterocycles. The first kappa shape index (κ1) is 12.9. The van der Waals surface area contributed by atoms with Gasteiger partial charge in [0, 0.05) is 28.3 Å². The van der Waals surface area contributed by atoms with Gasteiger partial charge in [-0.15, -0.1) is 0 Å². The first-order valence-corrected chi connectivity index (χ1v) is 7.52. The van der Waals surface area contributed by atoms with Crippen LogP contribution in [0.5, 0.6) is 0 Å². The summed E-state index contributed by atoms with van der Waals surface area (Å²) < 4.78 is 1.17. The van der Waals surface area contributed by atoms with Gasteiger partial charge in [-0.25, -0.2) is 0 Å². The summed E-state index contributed by atoms with van der Waals surface area (Å²) in [5.74, 6) is 0.701. The van der Waals surface area contributed by atoms with Crippen molar-refractivity contribution in [1.82, 2.24) is 15.5 Å². The van der Waals surface area contributed by atoms with Gasteiger partial charge in [-0.2, -0.15) is 5.10 Å². The Morgan fingerprint density at radius 3 is 2.95 bits per heavy atom. The zero-order valence-electron chi connectivity index (χ0n) is 10.9. The molecule has 1 atom stereocenters. The van der Waals surface area contributed by atoms with Gasteiger partial charge in [0.2, 0.25) is 0 Å². The fourth-order valence-electron chi connectivity index (χ4n) is 2.73. The number of hydrogen-bond donors (Lipinski definition) is 2. The van der Waals surface area contributed by atoms with Crippen molar-refractivity contribution in [3.8, 4) is 0 Å². The standard InChI is InChI=1S/C15H18BrN3/c1-10(13-8-17-18-9-13)19-15-6-12(7-15)11-3-2-4-14(16)5-11/h2-5,8-10,12,15,19H,6-7H2,1H3,(H,17,18). The highest BCUT2D eigenvalue weighted by atomic mass is 79.9. The lowest BCUT2D eigenvalue weighted by atomic mass is 9.75. The van der Waals surface area contributed by atoms with Crippen LogP contribution in [0.4, 0.5) is 0 Å². The van der Waals surface area contributed by atoms with Crippen LogP contribution in [0.2, 0.25) is 0 Å². The zero-order valence-corrected chi connectivity index (χ0v) is 12.5. The van der Waals surface area contributed by atoms with E-state index >= 15 is 0 Å². The normalized spacial score (nSPS) is 23.9. The van der Waals surface area contributed by atoms with Crippen molar-refractivity contribution >= 4 is 15.9 Å². The predicted octanol–water partition coefficient (Wildman–Crippen LogP) is 3.77. The molecule has 0 saturated heterocycles. The van der Waals surface area contributed by atoms with E-state index in [1.165, 1.54) is 28.4 Å². The second-order valence-electron chi connectivity index (χ2n) is 5.34. The Bertz CT molecular complexity index is 532. The molecule has 3 rings (SSSR count). The van der Waals surface area contributed by atoms with Crippen LogP contribution in [0.1, 0.15) is 42.9 Å². The number of benzene rings is 1. The third kappa shape index (κ3) is 2.90. The fraction of sp³-hybridized carbons (Fsp3) is 0.400. The Balaban J connectivity index is 1.53. The molecule has 0 radical (unpaired) electrons. The van der Waals surface area contributed by atoms with Crippen LogP contribution in [-0.4, -0.2) is 16.2 Å². The van der Waals surface area contributed by atoms with Crippen LogP contribution in [0, 0.1) is 0 Å². The number of aromatic amines is 1. The number of nitrogens with zero attached hydrogens (tertiary/aromatic N) is 1. The monoisotopic (exact) mass is 319 g/mol. The minimum absolute atomic E-state index is 0.368. The van der Waals surface area contributed by atoms with Crippen molar-refractivity contribution in [2.45, 2.75) is 37.8 Å². The summed E-state index contributed by atoms with van der Waals surface area (Å²) in [6.45, 7) is 2.19. The minimum Gasteiger partial charge on any atom is -0.307 e. The summed E-state index contributed by atoms with van der Waals surface area (Å²) in [6.07, 6.45) is 6.29. The highest BCUT2D eigenvalue weighted by Gasteiger charge is 2.31. The molecule has 1 aliphatic carbocycles. The average Bonchev–Trinajstić information content (AvgIpc) is 2.86. The van der Waals surface area contributed by atoms with Crippen LogP contribution in [0.25, 0.3) is 0 Å². The number of rotatable bonds is 4. The molecule has 0 spiro atoms. The molecule has 2 N–H and O–H groups in total. The van der Waals surface area contributed by atoms with E-state index in [-0.39, 0.29) is 0 Å². The molecule has 100 valence electrons. The lowest BCUT2D eigenvalue weighted by Crippen LogP contribution is -2.41. The number of hydrogen-bond acceptors (Lipinski definition) is 2. The number of aromatic nitrogens is 2. The van der Waals surface area contributed by atoms with Gasteiger partial charge in [0.1, 0.15) is 0 Å². The lowest BCUT2D eigenvalue weighted by molar-refractivity contribution is 0.271. The Hall–Kier alpha value is -1.13. The van der Waals surface area contributed by atoms with Crippen molar-refractivity contribution in [2.75, 3.05) is 0 Å². The Morgan fingerprint density at radius 1 is 1.42 bits per heavy atom. The first-order valence-electron chi connectivity index (χ1n) is 6.72. The Labute approximate surface area is 121 Å². The quantitative estimate of drug-likeness (QED) is 0.900. The van der Waals surface area contributed by atoms with Gasteiger partial charge in [0.25, 0.3) is 0 Å². The summed E-state index contributed by atoms with van der Waals surface area (Å²) in [6, 6.07) is 9.65. The molecule has 1 saturated carbocycles. The van der Waals surface area contributed by atoms with E-state index in [0.29, 0.717) is 18.0 Å². The molecular weight excluding hydrogens is 302 g/mol. The molecule has 1 aliphatic rings. The van der Waals surface area contributed by atoms with Crippen LogP contribution in [-0.2, 0) is 0 Å². The fourth-order valence-corrected chi connectivity index (χ4v) is 3.15. The third-order valence-electron chi connectivity index (χ3n) is 3.96. The predicted molar refractivity (Wildman–Crippen MR) is 80.0 cm³/mol. The van der Waals surface area contributed by atoms with Crippen LogP contribution >= 0.6 is 15.9 Å². The van der Waals surface area contributed by atoms with Crippen LogP contribution in [0.15, 0.2) is 41.1 Å². The van der Waals surface area contributed by atoms with Gasteiger partial charge >= 0.3 is 0 Å². The zero-order chi connectivity index (χ0) is 13.2. The largest absolute Gasteiger partial charge is 0.307 e. The van der Waals surface area contributed by atoms with Crippen molar-refractivity contribution in [3.63, 3.8) is 0 Å². The van der Waals surface area contributed by atoms with E-state index in [0.717, 1.165) is 0 Å². The summed E-state index contributed by atoms with van der Waals surface area (Å²) in [5, 5.41) is 10.5. The van der Waals surface area contributed by atoms with Crippen molar-refractivity contribution in [3.05, 3.63) is 52.3 Å². The number of nitrogens with one attached hydrogen (secondary N) is 2. The molecule has 0 amide bonds.